The zero-order valence-corrected chi connectivity index (χ0v) is 15.9. The molecular weight excluding hydrogens is 505 g/mol. The molecule has 0 atom stereocenters. The van der Waals surface area contributed by atoms with E-state index in [0.29, 0.717) is 0 Å². The monoisotopic (exact) mass is 525 g/mol. The number of aliphatic carboxylic acids is 2. The fraction of sp³-hybridized carbons (Fsp3) is 0.750. The van der Waals surface area contributed by atoms with Gasteiger partial charge in [0.25, 0.3) is 0 Å². The van der Waals surface area contributed by atoms with Gasteiger partial charge in [-0.25, -0.2) is 9.59 Å². The minimum absolute atomic E-state index is 0. The third kappa shape index (κ3) is 106. The van der Waals surface area contributed by atoms with Crippen LogP contribution in [0.5, 0.6) is 0 Å². The van der Waals surface area contributed by atoms with E-state index in [0.717, 1.165) is 0 Å². The molecule has 0 heterocycles. The van der Waals surface area contributed by atoms with Crippen LogP contribution < -0.4 is 0 Å². The first-order valence-electron chi connectivity index (χ1n) is 3.79. The van der Waals surface area contributed by atoms with Gasteiger partial charge in [-0.15, -0.1) is 0 Å². The second kappa shape index (κ2) is 17.1. The molecule has 96 valence electrons. The van der Waals surface area contributed by atoms with Crippen LogP contribution in [0.4, 0.5) is 0 Å². The van der Waals surface area contributed by atoms with Crippen molar-refractivity contribution in [3.63, 3.8) is 0 Å². The van der Waals surface area contributed by atoms with E-state index in [1.54, 1.807) is 0 Å². The van der Waals surface area contributed by atoms with E-state index in [1.807, 2.05) is 0 Å². The largest absolute Gasteiger partial charge is 0.473 e. The quantitative estimate of drug-likeness (QED) is 0.375. The zero-order valence-electron chi connectivity index (χ0n) is 9.92. The van der Waals surface area contributed by atoms with Crippen molar-refractivity contribution in [2.45, 2.75) is 34.3 Å². The Kier molecular flexibility index (Phi) is 28.4. The molecule has 0 fully saturated rings. The van der Waals surface area contributed by atoms with E-state index >= 15 is 0 Å². The molecule has 0 saturated heterocycles. The van der Waals surface area contributed by atoms with Gasteiger partial charge in [0, 0.05) is 21.1 Å². The fourth-order valence-corrected chi connectivity index (χ4v) is 0. The van der Waals surface area contributed by atoms with Gasteiger partial charge in [-0.3, -0.25) is 0 Å². The van der Waals surface area contributed by atoms with Gasteiger partial charge >= 0.3 is 75.5 Å². The van der Waals surface area contributed by atoms with Crippen molar-refractivity contribution in [1.82, 2.24) is 0 Å². The number of hydrogen-bond donors (Lipinski definition) is 2. The second-order valence-corrected chi connectivity index (χ2v) is 14.6. The Bertz CT molecular complexity index is 139. The first-order chi connectivity index (χ1) is 6.11. The van der Waals surface area contributed by atoms with Crippen LogP contribution in [0.15, 0.2) is 0 Å². The maximum Gasteiger partial charge on any atom is 0.414 e. The molecule has 0 aliphatic carbocycles. The molecule has 0 aliphatic heterocycles. The molecule has 0 saturated carbocycles. The maximum absolute atomic E-state index is 9.10. The van der Waals surface area contributed by atoms with E-state index in [-0.39, 0.29) is 50.4 Å². The Labute approximate surface area is 116 Å². The fourth-order valence-electron chi connectivity index (χ4n) is 0. The van der Waals surface area contributed by atoms with Gasteiger partial charge in [-0.2, -0.15) is 0 Å². The molecule has 0 rings (SSSR count). The van der Waals surface area contributed by atoms with Crippen LogP contribution in [0, 0.1) is 0 Å². The summed E-state index contributed by atoms with van der Waals surface area (Å²) in [6.45, 7) is 0. The summed E-state index contributed by atoms with van der Waals surface area (Å²) in [7, 11) is 0. The second-order valence-electron chi connectivity index (χ2n) is 3.29. The summed E-state index contributed by atoms with van der Waals surface area (Å²) in [6, 6.07) is 0. The summed E-state index contributed by atoms with van der Waals surface area (Å²) < 4.78 is 0. The Hall–Kier alpha value is 0.745. The van der Waals surface area contributed by atoms with Gasteiger partial charge in [0.15, 0.2) is 0 Å². The number of carbonyl (C=O) groups is 2. The van der Waals surface area contributed by atoms with Gasteiger partial charge in [-0.05, 0) is 0 Å². The topological polar surface area (TPSA) is 74.6 Å². The van der Waals surface area contributed by atoms with Crippen molar-refractivity contribution in [2.24, 2.45) is 0 Å². The first kappa shape index (κ1) is 24.8. The molecule has 0 aromatic rings. The molecule has 2 N–H and O–H groups in total. The number of rotatable bonds is 0. The van der Waals surface area contributed by atoms with E-state index in [9.17, 15) is 0 Å². The van der Waals surface area contributed by atoms with Crippen LogP contribution in [0.3, 0.4) is 0 Å². The molecule has 0 spiro atoms. The van der Waals surface area contributed by atoms with Crippen LogP contribution in [0.1, 0.15) is 0 Å². The van der Waals surface area contributed by atoms with Gasteiger partial charge in [0.2, 0.25) is 0 Å². The Morgan fingerprint density at radius 3 is 0.800 bits per heavy atom. The Morgan fingerprint density at radius 2 is 0.800 bits per heavy atom. The summed E-state index contributed by atoms with van der Waals surface area (Å²) in [6.07, 6.45) is 0. The van der Waals surface area contributed by atoms with Crippen molar-refractivity contribution < 1.29 is 40.9 Å². The normalized spacial score (nSPS) is 7.73. The van der Waals surface area contributed by atoms with E-state index in [2.05, 4.69) is 34.3 Å². The summed E-state index contributed by atoms with van der Waals surface area (Å²) in [5, 5.41) is 14.8. The van der Waals surface area contributed by atoms with Crippen LogP contribution in [0.2, 0.25) is 34.3 Å². The molecule has 7 heteroatoms. The third-order valence-corrected chi connectivity index (χ3v) is 0.183. The zero-order chi connectivity index (χ0) is 12.3. The Morgan fingerprint density at radius 1 is 0.733 bits per heavy atom. The SMILES string of the molecule is C[As](C)C.C[As](C)C.O=C(O)C(=O)O.[Pt]. The first-order valence-corrected chi connectivity index (χ1v) is 15.0. The minimum Gasteiger partial charge on any atom is -0.473 e. The molecule has 15 heavy (non-hydrogen) atoms. The molecule has 0 aliphatic rings. The molecule has 4 nitrogen and oxygen atoms in total. The average Bonchev–Trinajstić information content (AvgIpc) is 1.83. The summed E-state index contributed by atoms with van der Waals surface area (Å²) in [5.41, 5.74) is 13.9. The van der Waals surface area contributed by atoms with Gasteiger partial charge in [-0.1, -0.05) is 0 Å². The van der Waals surface area contributed by atoms with E-state index in [4.69, 9.17) is 19.8 Å². The van der Waals surface area contributed by atoms with E-state index in [1.165, 1.54) is 0 Å². The maximum atomic E-state index is 9.10. The van der Waals surface area contributed by atoms with Crippen LogP contribution in [0.25, 0.3) is 0 Å². The number of carboxylic acids is 2. The van der Waals surface area contributed by atoms with Crippen molar-refractivity contribution in [2.75, 3.05) is 0 Å². The Balaban J connectivity index is -0.0000000606. The molecule has 0 unspecified atom stereocenters. The van der Waals surface area contributed by atoms with E-state index < -0.39 is 11.9 Å². The summed E-state index contributed by atoms with van der Waals surface area (Å²) >= 11 is -0.375. The predicted octanol–water partition coefficient (Wildman–Crippen LogP) is 1.89. The van der Waals surface area contributed by atoms with Crippen LogP contribution in [-0.2, 0) is 30.7 Å². The standard InChI is InChI=1S/2C3H9As.C2H2O4.Pt/c2*1-4(2)3;3-1(4)2(5)6;/h2*1-3H3;(H,3,4)(H,5,6);. The molecular formula is C8H20As2O4Pt. The average molecular weight is 525 g/mol. The van der Waals surface area contributed by atoms with Crippen LogP contribution in [-0.4, -0.2) is 51.5 Å². The number of carboxylic acid groups (broad SMARTS) is 2. The van der Waals surface area contributed by atoms with Crippen molar-refractivity contribution in [3.05, 3.63) is 0 Å². The molecule has 0 radical (unpaired) electrons. The number of hydrogen-bond acceptors (Lipinski definition) is 2. The van der Waals surface area contributed by atoms with Crippen molar-refractivity contribution in [1.29, 1.82) is 0 Å². The minimum atomic E-state index is -1.82. The molecule has 0 aromatic carbocycles. The van der Waals surface area contributed by atoms with Crippen molar-refractivity contribution in [3.8, 4) is 0 Å². The molecule has 0 aromatic heterocycles. The van der Waals surface area contributed by atoms with Gasteiger partial charge < -0.3 is 10.2 Å². The van der Waals surface area contributed by atoms with Gasteiger partial charge in [0.1, 0.15) is 0 Å². The predicted molar refractivity (Wildman–Crippen MR) is 62.0 cm³/mol. The van der Waals surface area contributed by atoms with Crippen molar-refractivity contribution >= 4 is 41.2 Å². The van der Waals surface area contributed by atoms with Gasteiger partial charge in [0.05, 0.1) is 0 Å². The molecule has 0 amide bonds. The third-order valence-electron chi connectivity index (χ3n) is 0.183. The molecule has 0 bridgehead atoms. The smallest absolute Gasteiger partial charge is 0.414 e. The summed E-state index contributed by atoms with van der Waals surface area (Å²) in [4.78, 5) is 18.2. The van der Waals surface area contributed by atoms with Crippen LogP contribution >= 0.6 is 0 Å². The summed E-state index contributed by atoms with van der Waals surface area (Å²) in [5.74, 6) is -3.65.